The highest BCUT2D eigenvalue weighted by Crippen LogP contribution is 2.25. The van der Waals surface area contributed by atoms with Crippen LogP contribution in [0.2, 0.25) is 0 Å². The standard InChI is InChI=1S/C7H9NO2S/c1-2-7(9)10-6-4-11-3-5(6)8/h3-4H,2,8H2,1H3. The van der Waals surface area contributed by atoms with Crippen molar-refractivity contribution in [2.75, 3.05) is 5.73 Å². The molecule has 4 heteroatoms. The predicted molar refractivity (Wildman–Crippen MR) is 44.7 cm³/mol. The molecule has 0 spiro atoms. The van der Waals surface area contributed by atoms with Crippen LogP contribution < -0.4 is 10.5 Å². The molecule has 1 aromatic heterocycles. The van der Waals surface area contributed by atoms with Crippen LogP contribution in [0.1, 0.15) is 13.3 Å². The molecule has 0 unspecified atom stereocenters. The molecule has 0 saturated carbocycles. The summed E-state index contributed by atoms with van der Waals surface area (Å²) in [7, 11) is 0. The minimum atomic E-state index is -0.255. The van der Waals surface area contributed by atoms with Crippen LogP contribution in [0.3, 0.4) is 0 Å². The Morgan fingerprint density at radius 3 is 2.91 bits per heavy atom. The minimum absolute atomic E-state index is 0.255. The van der Waals surface area contributed by atoms with Crippen molar-refractivity contribution in [1.29, 1.82) is 0 Å². The molecule has 2 N–H and O–H groups in total. The SMILES string of the molecule is CCC(=O)Oc1cscc1N. The molecule has 11 heavy (non-hydrogen) atoms. The molecule has 1 aromatic rings. The Bertz CT molecular complexity index is 257. The zero-order chi connectivity index (χ0) is 8.27. The second kappa shape index (κ2) is 3.39. The maximum Gasteiger partial charge on any atom is 0.310 e. The molecule has 1 heterocycles. The molecule has 60 valence electrons. The summed E-state index contributed by atoms with van der Waals surface area (Å²) < 4.78 is 4.88. The second-order valence-corrected chi connectivity index (χ2v) is 2.76. The molecule has 0 aliphatic rings. The molecule has 0 bridgehead atoms. The summed E-state index contributed by atoms with van der Waals surface area (Å²) in [5.41, 5.74) is 6.00. The number of hydrogen-bond donors (Lipinski definition) is 1. The lowest BCUT2D eigenvalue weighted by atomic mass is 10.5. The molecule has 3 nitrogen and oxygen atoms in total. The van der Waals surface area contributed by atoms with Crippen molar-refractivity contribution >= 4 is 23.0 Å². The van der Waals surface area contributed by atoms with E-state index < -0.39 is 0 Å². The van der Waals surface area contributed by atoms with Crippen LogP contribution in [0.15, 0.2) is 10.8 Å². The van der Waals surface area contributed by atoms with E-state index in [9.17, 15) is 4.79 Å². The minimum Gasteiger partial charge on any atom is -0.423 e. The summed E-state index contributed by atoms with van der Waals surface area (Å²) in [5, 5.41) is 3.45. The average molecular weight is 171 g/mol. The van der Waals surface area contributed by atoms with Crippen LogP contribution >= 0.6 is 11.3 Å². The van der Waals surface area contributed by atoms with Gasteiger partial charge in [0.15, 0.2) is 5.75 Å². The molecule has 0 saturated heterocycles. The zero-order valence-corrected chi connectivity index (χ0v) is 6.98. The third-order valence-corrected chi connectivity index (χ3v) is 1.91. The fourth-order valence-electron chi connectivity index (χ4n) is 0.573. The van der Waals surface area contributed by atoms with Gasteiger partial charge in [-0.15, -0.1) is 11.3 Å². The van der Waals surface area contributed by atoms with Crippen LogP contribution in [-0.2, 0) is 4.79 Å². The van der Waals surface area contributed by atoms with Gasteiger partial charge in [-0.05, 0) is 0 Å². The van der Waals surface area contributed by atoms with E-state index in [2.05, 4.69) is 0 Å². The van der Waals surface area contributed by atoms with Crippen molar-refractivity contribution < 1.29 is 9.53 Å². The third kappa shape index (κ3) is 1.94. The summed E-state index contributed by atoms with van der Waals surface area (Å²) in [4.78, 5) is 10.8. The Morgan fingerprint density at radius 1 is 1.73 bits per heavy atom. The molecule has 0 amide bonds. The van der Waals surface area contributed by atoms with Crippen molar-refractivity contribution in [3.8, 4) is 5.75 Å². The van der Waals surface area contributed by atoms with E-state index in [1.54, 1.807) is 17.7 Å². The number of nitrogen functional groups attached to an aromatic ring is 1. The van der Waals surface area contributed by atoms with E-state index >= 15 is 0 Å². The van der Waals surface area contributed by atoms with Crippen molar-refractivity contribution in [3.63, 3.8) is 0 Å². The molecule has 0 atom stereocenters. The van der Waals surface area contributed by atoms with Crippen LogP contribution in [0.4, 0.5) is 5.69 Å². The first-order chi connectivity index (χ1) is 5.24. The Kier molecular flexibility index (Phi) is 2.48. The van der Waals surface area contributed by atoms with E-state index in [-0.39, 0.29) is 5.97 Å². The van der Waals surface area contributed by atoms with Gasteiger partial charge < -0.3 is 10.5 Å². The third-order valence-electron chi connectivity index (χ3n) is 1.17. The van der Waals surface area contributed by atoms with E-state index in [1.807, 2.05) is 0 Å². The number of anilines is 1. The molecular formula is C7H9NO2S. The lowest BCUT2D eigenvalue weighted by molar-refractivity contribution is -0.133. The van der Waals surface area contributed by atoms with Gasteiger partial charge in [-0.2, -0.15) is 0 Å². The monoisotopic (exact) mass is 171 g/mol. The molecule has 1 rings (SSSR count). The summed E-state index contributed by atoms with van der Waals surface area (Å²) in [6, 6.07) is 0. The quantitative estimate of drug-likeness (QED) is 0.688. The van der Waals surface area contributed by atoms with Gasteiger partial charge in [-0.1, -0.05) is 6.92 Å². The number of thiophene rings is 1. The van der Waals surface area contributed by atoms with Crippen LogP contribution in [0, 0.1) is 0 Å². The van der Waals surface area contributed by atoms with E-state index in [4.69, 9.17) is 10.5 Å². The molecule has 0 aliphatic heterocycles. The summed E-state index contributed by atoms with van der Waals surface area (Å²) in [6.45, 7) is 1.74. The first kappa shape index (κ1) is 8.07. The Balaban J connectivity index is 2.64. The van der Waals surface area contributed by atoms with Gasteiger partial charge in [-0.3, -0.25) is 4.79 Å². The Labute approximate surface area is 68.8 Å². The highest BCUT2D eigenvalue weighted by atomic mass is 32.1. The van der Waals surface area contributed by atoms with Crippen LogP contribution in [0.5, 0.6) is 5.75 Å². The average Bonchev–Trinajstić information content (AvgIpc) is 2.37. The van der Waals surface area contributed by atoms with E-state index in [1.165, 1.54) is 11.3 Å². The van der Waals surface area contributed by atoms with Crippen molar-refractivity contribution in [3.05, 3.63) is 10.8 Å². The maximum absolute atomic E-state index is 10.8. The number of hydrogen-bond acceptors (Lipinski definition) is 4. The smallest absolute Gasteiger partial charge is 0.310 e. The Hall–Kier alpha value is -1.03. The molecule has 0 radical (unpaired) electrons. The molecule has 0 aliphatic carbocycles. The highest BCUT2D eigenvalue weighted by molar-refractivity contribution is 7.08. The largest absolute Gasteiger partial charge is 0.423 e. The van der Waals surface area contributed by atoms with Crippen molar-refractivity contribution in [2.45, 2.75) is 13.3 Å². The fourth-order valence-corrected chi connectivity index (χ4v) is 1.21. The zero-order valence-electron chi connectivity index (χ0n) is 6.16. The number of nitrogens with two attached hydrogens (primary N) is 1. The first-order valence-corrected chi connectivity index (χ1v) is 4.20. The summed E-state index contributed by atoms with van der Waals surface area (Å²) in [6.07, 6.45) is 0.370. The molecule has 0 fully saturated rings. The van der Waals surface area contributed by atoms with Gasteiger partial charge in [0.25, 0.3) is 0 Å². The number of rotatable bonds is 2. The first-order valence-electron chi connectivity index (χ1n) is 3.26. The number of esters is 1. The summed E-state index contributed by atoms with van der Waals surface area (Å²) >= 11 is 1.42. The number of carbonyl (C=O) groups excluding carboxylic acids is 1. The van der Waals surface area contributed by atoms with Gasteiger partial charge in [0.2, 0.25) is 0 Å². The van der Waals surface area contributed by atoms with Crippen LogP contribution in [0.25, 0.3) is 0 Å². The van der Waals surface area contributed by atoms with E-state index in [0.29, 0.717) is 17.9 Å². The molecule has 0 aromatic carbocycles. The van der Waals surface area contributed by atoms with Crippen LogP contribution in [-0.4, -0.2) is 5.97 Å². The van der Waals surface area contributed by atoms with Crippen molar-refractivity contribution in [1.82, 2.24) is 0 Å². The van der Waals surface area contributed by atoms with Crippen molar-refractivity contribution in [2.24, 2.45) is 0 Å². The lowest BCUT2D eigenvalue weighted by Crippen LogP contribution is -2.05. The fraction of sp³-hybridized carbons (Fsp3) is 0.286. The maximum atomic E-state index is 10.8. The Morgan fingerprint density at radius 2 is 2.45 bits per heavy atom. The topological polar surface area (TPSA) is 52.3 Å². The van der Waals surface area contributed by atoms with E-state index in [0.717, 1.165) is 0 Å². The van der Waals surface area contributed by atoms with Gasteiger partial charge >= 0.3 is 5.97 Å². The number of ether oxygens (including phenoxy) is 1. The van der Waals surface area contributed by atoms with Gasteiger partial charge in [-0.25, -0.2) is 0 Å². The second-order valence-electron chi connectivity index (χ2n) is 2.02. The molecular weight excluding hydrogens is 162 g/mol. The lowest BCUT2D eigenvalue weighted by Gasteiger charge is -1.99. The normalized spacial score (nSPS) is 9.55. The van der Waals surface area contributed by atoms with Gasteiger partial charge in [0.1, 0.15) is 0 Å². The van der Waals surface area contributed by atoms with Gasteiger partial charge in [0, 0.05) is 17.2 Å². The highest BCUT2D eigenvalue weighted by Gasteiger charge is 2.04. The predicted octanol–water partition coefficient (Wildman–Crippen LogP) is 1.65. The van der Waals surface area contributed by atoms with Gasteiger partial charge in [0.05, 0.1) is 5.69 Å². The summed E-state index contributed by atoms with van der Waals surface area (Å²) in [5.74, 6) is 0.219. The number of carbonyl (C=O) groups is 1.